The second-order valence-corrected chi connectivity index (χ2v) is 6.70. The van der Waals surface area contributed by atoms with E-state index in [2.05, 4.69) is 76.7 Å². The Kier molecular flexibility index (Phi) is 4.48. The molecule has 0 saturated carbocycles. The molecule has 1 N–H and O–H groups in total. The summed E-state index contributed by atoms with van der Waals surface area (Å²) < 4.78 is 0. The molecular weight excluding hydrogens is 292 g/mol. The third-order valence-corrected chi connectivity index (χ3v) is 5.04. The first kappa shape index (κ1) is 15.2. The molecule has 1 aliphatic rings. The van der Waals surface area contributed by atoms with E-state index in [0.29, 0.717) is 0 Å². The quantitative estimate of drug-likeness (QED) is 0.741. The zero-order valence-electron chi connectivity index (χ0n) is 14.0. The first-order chi connectivity index (χ1) is 11.9. The highest BCUT2D eigenvalue weighted by molar-refractivity contribution is 5.30. The van der Waals surface area contributed by atoms with Gasteiger partial charge in [-0.3, -0.25) is 4.90 Å². The van der Waals surface area contributed by atoms with Crippen molar-refractivity contribution >= 4 is 0 Å². The van der Waals surface area contributed by atoms with Crippen LogP contribution in [0.5, 0.6) is 0 Å². The van der Waals surface area contributed by atoms with E-state index in [0.717, 1.165) is 32.5 Å². The standard InChI is InChI=1S/C22H24N2/c1-2-6-18(7-3-1)10-11-22-21(12-14-23-22)17-24-15-13-19-8-4-5-9-20(19)16-24/h1-9,12,14,23H,10-11,13,15-17H2. The van der Waals surface area contributed by atoms with Gasteiger partial charge in [0.2, 0.25) is 0 Å². The van der Waals surface area contributed by atoms with E-state index < -0.39 is 0 Å². The van der Waals surface area contributed by atoms with Crippen molar-refractivity contribution in [2.75, 3.05) is 6.54 Å². The number of benzene rings is 2. The monoisotopic (exact) mass is 316 g/mol. The maximum atomic E-state index is 3.46. The summed E-state index contributed by atoms with van der Waals surface area (Å²) in [6.07, 6.45) is 5.43. The van der Waals surface area contributed by atoms with Crippen molar-refractivity contribution in [2.24, 2.45) is 0 Å². The third-order valence-electron chi connectivity index (χ3n) is 5.04. The lowest BCUT2D eigenvalue weighted by atomic mass is 9.99. The fourth-order valence-electron chi connectivity index (χ4n) is 3.66. The molecule has 0 unspecified atom stereocenters. The highest BCUT2D eigenvalue weighted by Gasteiger charge is 2.17. The predicted molar refractivity (Wildman–Crippen MR) is 98.9 cm³/mol. The van der Waals surface area contributed by atoms with E-state index in [1.165, 1.54) is 34.4 Å². The van der Waals surface area contributed by atoms with Gasteiger partial charge in [-0.25, -0.2) is 0 Å². The normalized spacial score (nSPS) is 14.5. The fraction of sp³-hybridized carbons (Fsp3) is 0.273. The SMILES string of the molecule is c1ccc(CCc2[nH]ccc2CN2CCc3ccccc3C2)cc1. The van der Waals surface area contributed by atoms with Crippen LogP contribution in [0.4, 0.5) is 0 Å². The van der Waals surface area contributed by atoms with E-state index in [-0.39, 0.29) is 0 Å². The number of nitrogens with zero attached hydrogens (tertiary/aromatic N) is 1. The molecule has 3 aromatic rings. The summed E-state index contributed by atoms with van der Waals surface area (Å²) in [5.74, 6) is 0. The smallest absolute Gasteiger partial charge is 0.0255 e. The van der Waals surface area contributed by atoms with Crippen LogP contribution in [0.1, 0.15) is 27.9 Å². The highest BCUT2D eigenvalue weighted by Crippen LogP contribution is 2.21. The Hall–Kier alpha value is -2.32. The van der Waals surface area contributed by atoms with Crippen molar-refractivity contribution in [2.45, 2.75) is 32.4 Å². The molecule has 4 rings (SSSR count). The van der Waals surface area contributed by atoms with Crippen LogP contribution in [0.25, 0.3) is 0 Å². The number of fused-ring (bicyclic) bond motifs is 1. The minimum Gasteiger partial charge on any atom is -0.365 e. The van der Waals surface area contributed by atoms with Gasteiger partial charge in [0.1, 0.15) is 0 Å². The second kappa shape index (κ2) is 7.06. The molecule has 1 aromatic heterocycles. The van der Waals surface area contributed by atoms with Gasteiger partial charge in [0, 0.05) is 31.5 Å². The Balaban J connectivity index is 1.40. The molecule has 0 amide bonds. The first-order valence-corrected chi connectivity index (χ1v) is 8.87. The molecule has 2 heterocycles. The van der Waals surface area contributed by atoms with Crippen LogP contribution >= 0.6 is 0 Å². The van der Waals surface area contributed by atoms with Crippen molar-refractivity contribution in [3.8, 4) is 0 Å². The lowest BCUT2D eigenvalue weighted by molar-refractivity contribution is 0.245. The number of aromatic nitrogens is 1. The number of nitrogens with one attached hydrogen (secondary N) is 1. The van der Waals surface area contributed by atoms with Crippen LogP contribution in [0.2, 0.25) is 0 Å². The number of hydrogen-bond acceptors (Lipinski definition) is 1. The molecule has 0 atom stereocenters. The summed E-state index contributed by atoms with van der Waals surface area (Å²) in [6, 6.07) is 21.9. The van der Waals surface area contributed by atoms with E-state index in [4.69, 9.17) is 0 Å². The maximum Gasteiger partial charge on any atom is 0.0255 e. The van der Waals surface area contributed by atoms with Crippen LogP contribution in [0, 0.1) is 0 Å². The van der Waals surface area contributed by atoms with Crippen LogP contribution in [0.3, 0.4) is 0 Å². The van der Waals surface area contributed by atoms with Crippen molar-refractivity contribution in [1.29, 1.82) is 0 Å². The largest absolute Gasteiger partial charge is 0.365 e. The van der Waals surface area contributed by atoms with Crippen LogP contribution in [-0.2, 0) is 32.4 Å². The van der Waals surface area contributed by atoms with Gasteiger partial charge in [-0.2, -0.15) is 0 Å². The summed E-state index contributed by atoms with van der Waals surface area (Å²) in [6.45, 7) is 3.27. The lowest BCUT2D eigenvalue weighted by Crippen LogP contribution is -2.30. The molecule has 0 spiro atoms. The molecule has 2 aromatic carbocycles. The number of hydrogen-bond donors (Lipinski definition) is 1. The molecule has 0 bridgehead atoms. The average Bonchev–Trinajstić information content (AvgIpc) is 3.08. The van der Waals surface area contributed by atoms with Gasteiger partial charge in [0.05, 0.1) is 0 Å². The second-order valence-electron chi connectivity index (χ2n) is 6.70. The molecule has 0 fully saturated rings. The summed E-state index contributed by atoms with van der Waals surface area (Å²) in [5, 5.41) is 0. The Morgan fingerprint density at radius 1 is 0.833 bits per heavy atom. The van der Waals surface area contributed by atoms with Gasteiger partial charge in [-0.05, 0) is 47.6 Å². The molecular formula is C22H24N2. The summed E-state index contributed by atoms with van der Waals surface area (Å²) in [4.78, 5) is 6.03. The van der Waals surface area contributed by atoms with Gasteiger partial charge in [-0.1, -0.05) is 54.6 Å². The maximum absolute atomic E-state index is 3.46. The van der Waals surface area contributed by atoms with Crippen LogP contribution in [-0.4, -0.2) is 16.4 Å². The topological polar surface area (TPSA) is 19.0 Å². The molecule has 0 radical (unpaired) electrons. The molecule has 0 saturated heterocycles. The minimum absolute atomic E-state index is 1.04. The molecule has 24 heavy (non-hydrogen) atoms. The Bertz CT molecular complexity index is 788. The van der Waals surface area contributed by atoms with Crippen LogP contribution in [0.15, 0.2) is 66.9 Å². The van der Waals surface area contributed by atoms with Gasteiger partial charge in [-0.15, -0.1) is 0 Å². The minimum atomic E-state index is 1.04. The van der Waals surface area contributed by atoms with E-state index in [9.17, 15) is 0 Å². The fourth-order valence-corrected chi connectivity index (χ4v) is 3.66. The van der Waals surface area contributed by atoms with Gasteiger partial charge >= 0.3 is 0 Å². The molecule has 1 aliphatic heterocycles. The van der Waals surface area contributed by atoms with Crippen molar-refractivity contribution < 1.29 is 0 Å². The Labute approximate surface area is 144 Å². The zero-order valence-corrected chi connectivity index (χ0v) is 14.0. The first-order valence-electron chi connectivity index (χ1n) is 8.87. The van der Waals surface area contributed by atoms with E-state index in [1.807, 2.05) is 0 Å². The zero-order chi connectivity index (χ0) is 16.2. The number of H-pyrrole nitrogens is 1. The number of aromatic amines is 1. The van der Waals surface area contributed by atoms with Crippen molar-refractivity contribution in [3.05, 3.63) is 94.8 Å². The Morgan fingerprint density at radius 3 is 2.50 bits per heavy atom. The third kappa shape index (κ3) is 3.44. The molecule has 122 valence electrons. The Morgan fingerprint density at radius 2 is 1.62 bits per heavy atom. The summed E-state index contributed by atoms with van der Waals surface area (Å²) in [7, 11) is 0. The van der Waals surface area contributed by atoms with E-state index in [1.54, 1.807) is 0 Å². The molecule has 0 aliphatic carbocycles. The van der Waals surface area contributed by atoms with Gasteiger partial charge in [0.15, 0.2) is 0 Å². The summed E-state index contributed by atoms with van der Waals surface area (Å²) in [5.41, 5.74) is 7.25. The van der Waals surface area contributed by atoms with E-state index >= 15 is 0 Å². The molecule has 2 nitrogen and oxygen atoms in total. The van der Waals surface area contributed by atoms with Crippen molar-refractivity contribution in [3.63, 3.8) is 0 Å². The highest BCUT2D eigenvalue weighted by atomic mass is 15.1. The van der Waals surface area contributed by atoms with Crippen LogP contribution < -0.4 is 0 Å². The van der Waals surface area contributed by atoms with Gasteiger partial charge in [0.25, 0.3) is 0 Å². The lowest BCUT2D eigenvalue weighted by Gasteiger charge is -2.28. The summed E-state index contributed by atoms with van der Waals surface area (Å²) >= 11 is 0. The number of rotatable bonds is 5. The molecule has 2 heteroatoms. The van der Waals surface area contributed by atoms with Crippen molar-refractivity contribution in [1.82, 2.24) is 9.88 Å². The number of aryl methyl sites for hydroxylation is 2. The average molecular weight is 316 g/mol. The predicted octanol–water partition coefficient (Wildman–Crippen LogP) is 4.36. The van der Waals surface area contributed by atoms with Gasteiger partial charge < -0.3 is 4.98 Å².